The van der Waals surface area contributed by atoms with Gasteiger partial charge in [0.15, 0.2) is 5.82 Å². The van der Waals surface area contributed by atoms with Crippen molar-refractivity contribution in [2.45, 2.75) is 40.2 Å². The summed E-state index contributed by atoms with van der Waals surface area (Å²) in [6.45, 7) is 7.22. The average molecular weight is 259 g/mol. The van der Waals surface area contributed by atoms with Crippen LogP contribution in [0.25, 0.3) is 11.4 Å². The van der Waals surface area contributed by atoms with Gasteiger partial charge in [-0.05, 0) is 19.8 Å². The van der Waals surface area contributed by atoms with E-state index >= 15 is 0 Å². The molecule has 0 bridgehead atoms. The lowest BCUT2D eigenvalue weighted by atomic mass is 10.2. The van der Waals surface area contributed by atoms with Gasteiger partial charge in [0.05, 0.1) is 11.8 Å². The van der Waals surface area contributed by atoms with Crippen molar-refractivity contribution in [2.24, 2.45) is 0 Å². The van der Waals surface area contributed by atoms with Crippen molar-refractivity contribution in [1.29, 1.82) is 0 Å². The standard InChI is InChI=1S/C14H21N5/c1-5-7-19-9-11(8-16-19)14-17-12(6-2)10(3)13(15-4)18-14/h8-9H,5-7H2,1-4H3,(H,15,17,18). The van der Waals surface area contributed by atoms with Gasteiger partial charge in [-0.3, -0.25) is 4.68 Å². The molecule has 0 amide bonds. The molecule has 0 aromatic carbocycles. The van der Waals surface area contributed by atoms with Crippen LogP contribution in [0.1, 0.15) is 31.5 Å². The van der Waals surface area contributed by atoms with Gasteiger partial charge in [-0.2, -0.15) is 5.10 Å². The van der Waals surface area contributed by atoms with Crippen molar-refractivity contribution >= 4 is 5.82 Å². The van der Waals surface area contributed by atoms with E-state index in [4.69, 9.17) is 0 Å². The highest BCUT2D eigenvalue weighted by molar-refractivity contribution is 5.58. The molecular formula is C14H21N5. The summed E-state index contributed by atoms with van der Waals surface area (Å²) in [6, 6.07) is 0. The van der Waals surface area contributed by atoms with Crippen molar-refractivity contribution in [2.75, 3.05) is 12.4 Å². The van der Waals surface area contributed by atoms with E-state index in [1.165, 1.54) is 0 Å². The second-order valence-electron chi connectivity index (χ2n) is 4.56. The molecule has 102 valence electrons. The number of aromatic nitrogens is 4. The van der Waals surface area contributed by atoms with Gasteiger partial charge in [0, 0.05) is 31.0 Å². The Labute approximate surface area is 114 Å². The van der Waals surface area contributed by atoms with E-state index in [0.717, 1.165) is 47.8 Å². The third-order valence-electron chi connectivity index (χ3n) is 3.16. The zero-order valence-electron chi connectivity index (χ0n) is 12.1. The Bertz CT molecular complexity index is 534. The molecule has 0 aliphatic carbocycles. The van der Waals surface area contributed by atoms with Crippen LogP contribution in [0.4, 0.5) is 5.82 Å². The van der Waals surface area contributed by atoms with Gasteiger partial charge in [-0.1, -0.05) is 13.8 Å². The third kappa shape index (κ3) is 2.75. The topological polar surface area (TPSA) is 55.6 Å². The number of hydrogen-bond donors (Lipinski definition) is 1. The van der Waals surface area contributed by atoms with Crippen LogP contribution in [-0.2, 0) is 13.0 Å². The fourth-order valence-corrected chi connectivity index (χ4v) is 2.11. The Kier molecular flexibility index (Phi) is 4.14. The normalized spacial score (nSPS) is 10.7. The maximum atomic E-state index is 4.64. The summed E-state index contributed by atoms with van der Waals surface area (Å²) in [5, 5.41) is 7.47. The van der Waals surface area contributed by atoms with Crippen LogP contribution < -0.4 is 5.32 Å². The summed E-state index contributed by atoms with van der Waals surface area (Å²) in [6.07, 6.45) is 5.81. The largest absolute Gasteiger partial charge is 0.373 e. The maximum absolute atomic E-state index is 4.64. The molecule has 0 fully saturated rings. The first-order valence-electron chi connectivity index (χ1n) is 6.77. The lowest BCUT2D eigenvalue weighted by molar-refractivity contribution is 0.603. The molecule has 2 rings (SSSR count). The Balaban J connectivity index is 2.43. The van der Waals surface area contributed by atoms with Crippen LogP contribution in [0.5, 0.6) is 0 Å². The molecule has 0 atom stereocenters. The Morgan fingerprint density at radius 1 is 1.26 bits per heavy atom. The summed E-state index contributed by atoms with van der Waals surface area (Å²) in [7, 11) is 1.89. The summed E-state index contributed by atoms with van der Waals surface area (Å²) in [5.74, 6) is 1.64. The van der Waals surface area contributed by atoms with E-state index in [1.807, 2.05) is 24.1 Å². The minimum atomic E-state index is 0.745. The summed E-state index contributed by atoms with van der Waals surface area (Å²) < 4.78 is 1.93. The number of rotatable bonds is 5. The van der Waals surface area contributed by atoms with Crippen LogP contribution in [0, 0.1) is 6.92 Å². The van der Waals surface area contributed by atoms with E-state index in [9.17, 15) is 0 Å². The van der Waals surface area contributed by atoms with Crippen LogP contribution >= 0.6 is 0 Å². The van der Waals surface area contributed by atoms with Crippen molar-refractivity contribution in [3.8, 4) is 11.4 Å². The first-order valence-corrected chi connectivity index (χ1v) is 6.77. The Morgan fingerprint density at radius 2 is 2.05 bits per heavy atom. The molecule has 19 heavy (non-hydrogen) atoms. The predicted molar refractivity (Wildman–Crippen MR) is 77.2 cm³/mol. The molecule has 0 saturated carbocycles. The van der Waals surface area contributed by atoms with E-state index in [-0.39, 0.29) is 0 Å². The van der Waals surface area contributed by atoms with E-state index in [2.05, 4.69) is 41.2 Å². The van der Waals surface area contributed by atoms with Crippen molar-refractivity contribution in [3.63, 3.8) is 0 Å². The molecule has 1 N–H and O–H groups in total. The highest BCUT2D eigenvalue weighted by Gasteiger charge is 2.11. The molecule has 0 saturated heterocycles. The van der Waals surface area contributed by atoms with Crippen LogP contribution in [0.3, 0.4) is 0 Å². The lowest BCUT2D eigenvalue weighted by Gasteiger charge is -2.10. The molecule has 2 aromatic rings. The van der Waals surface area contributed by atoms with Gasteiger partial charge < -0.3 is 5.32 Å². The third-order valence-corrected chi connectivity index (χ3v) is 3.16. The van der Waals surface area contributed by atoms with Crippen molar-refractivity contribution < 1.29 is 0 Å². The fraction of sp³-hybridized carbons (Fsp3) is 0.500. The van der Waals surface area contributed by atoms with Crippen molar-refractivity contribution in [1.82, 2.24) is 19.7 Å². The molecule has 5 nitrogen and oxygen atoms in total. The number of anilines is 1. The van der Waals surface area contributed by atoms with Gasteiger partial charge in [-0.25, -0.2) is 9.97 Å². The molecule has 2 heterocycles. The highest BCUT2D eigenvalue weighted by atomic mass is 15.3. The zero-order valence-corrected chi connectivity index (χ0v) is 12.1. The van der Waals surface area contributed by atoms with E-state index in [1.54, 1.807) is 0 Å². The zero-order chi connectivity index (χ0) is 13.8. The molecule has 0 unspecified atom stereocenters. The number of nitrogens with zero attached hydrogens (tertiary/aromatic N) is 4. The number of aryl methyl sites for hydroxylation is 2. The van der Waals surface area contributed by atoms with Crippen molar-refractivity contribution in [3.05, 3.63) is 23.7 Å². The van der Waals surface area contributed by atoms with Gasteiger partial charge in [-0.15, -0.1) is 0 Å². The molecular weight excluding hydrogens is 238 g/mol. The van der Waals surface area contributed by atoms with Gasteiger partial charge in [0.25, 0.3) is 0 Å². The minimum absolute atomic E-state index is 0.745. The average Bonchev–Trinajstić information content (AvgIpc) is 2.88. The number of hydrogen-bond acceptors (Lipinski definition) is 4. The molecule has 2 aromatic heterocycles. The SMILES string of the molecule is CCCn1cc(-c2nc(CC)c(C)c(NC)n2)cn1. The molecule has 0 spiro atoms. The first-order chi connectivity index (χ1) is 9.19. The van der Waals surface area contributed by atoms with Crippen LogP contribution in [0.15, 0.2) is 12.4 Å². The van der Waals surface area contributed by atoms with E-state index in [0.29, 0.717) is 0 Å². The maximum Gasteiger partial charge on any atom is 0.164 e. The second kappa shape index (κ2) is 5.82. The van der Waals surface area contributed by atoms with E-state index < -0.39 is 0 Å². The summed E-state index contributed by atoms with van der Waals surface area (Å²) in [5.41, 5.74) is 3.17. The minimum Gasteiger partial charge on any atom is -0.373 e. The second-order valence-corrected chi connectivity index (χ2v) is 4.56. The summed E-state index contributed by atoms with van der Waals surface area (Å²) in [4.78, 5) is 9.21. The van der Waals surface area contributed by atoms with Gasteiger partial charge in [0.1, 0.15) is 5.82 Å². The quantitative estimate of drug-likeness (QED) is 0.897. The summed E-state index contributed by atoms with van der Waals surface area (Å²) >= 11 is 0. The smallest absolute Gasteiger partial charge is 0.164 e. The Morgan fingerprint density at radius 3 is 2.68 bits per heavy atom. The molecule has 5 heteroatoms. The molecule has 0 aliphatic rings. The highest BCUT2D eigenvalue weighted by Crippen LogP contribution is 2.21. The van der Waals surface area contributed by atoms with Gasteiger partial charge >= 0.3 is 0 Å². The molecule has 0 radical (unpaired) electrons. The monoisotopic (exact) mass is 259 g/mol. The van der Waals surface area contributed by atoms with Gasteiger partial charge in [0.2, 0.25) is 0 Å². The van der Waals surface area contributed by atoms with Crippen LogP contribution in [0.2, 0.25) is 0 Å². The predicted octanol–water partition coefficient (Wildman–Crippen LogP) is 2.66. The number of nitrogens with one attached hydrogen (secondary N) is 1. The first kappa shape index (κ1) is 13.5. The fourth-order valence-electron chi connectivity index (χ4n) is 2.11. The molecule has 0 aliphatic heterocycles. The lowest BCUT2D eigenvalue weighted by Crippen LogP contribution is -2.04. The van der Waals surface area contributed by atoms with Crippen LogP contribution in [-0.4, -0.2) is 26.8 Å². The Hall–Kier alpha value is -1.91.